The smallest absolute Gasteiger partial charge is 0.0447 e. The lowest BCUT2D eigenvalue weighted by Crippen LogP contribution is -2.35. The molecule has 94 valence electrons. The Kier molecular flexibility index (Phi) is 4.69. The first-order valence-electron chi connectivity index (χ1n) is 6.11. The van der Waals surface area contributed by atoms with Gasteiger partial charge in [0.25, 0.3) is 0 Å². The second-order valence-corrected chi connectivity index (χ2v) is 5.51. The minimum atomic E-state index is 0.147. The van der Waals surface area contributed by atoms with E-state index in [0.29, 0.717) is 22.6 Å². The average molecular weight is 273 g/mol. The van der Waals surface area contributed by atoms with Gasteiger partial charge in [0.2, 0.25) is 0 Å². The van der Waals surface area contributed by atoms with Crippen molar-refractivity contribution in [2.75, 3.05) is 6.54 Å². The lowest BCUT2D eigenvalue weighted by atomic mass is 10.1. The molecule has 0 bridgehead atoms. The van der Waals surface area contributed by atoms with Crippen LogP contribution >= 0.6 is 23.2 Å². The van der Waals surface area contributed by atoms with Crippen molar-refractivity contribution in [3.63, 3.8) is 0 Å². The zero-order chi connectivity index (χ0) is 12.3. The first kappa shape index (κ1) is 13.2. The van der Waals surface area contributed by atoms with Crippen LogP contribution in [-0.4, -0.2) is 12.6 Å². The second kappa shape index (κ2) is 6.05. The minimum Gasteiger partial charge on any atom is -0.329 e. The molecule has 0 aromatic heterocycles. The molecule has 0 spiro atoms. The summed E-state index contributed by atoms with van der Waals surface area (Å²) in [6, 6.07) is 6.35. The van der Waals surface area contributed by atoms with E-state index in [1.807, 2.05) is 12.1 Å². The van der Waals surface area contributed by atoms with E-state index in [1.54, 1.807) is 6.07 Å². The highest BCUT2D eigenvalue weighted by molar-refractivity contribution is 6.34. The molecule has 3 N–H and O–H groups in total. The summed E-state index contributed by atoms with van der Waals surface area (Å²) in [6.07, 6.45) is 5.10. The Balaban J connectivity index is 2.10. The van der Waals surface area contributed by atoms with Crippen molar-refractivity contribution in [1.29, 1.82) is 0 Å². The molecule has 1 aromatic carbocycles. The molecule has 1 atom stereocenters. The first-order valence-corrected chi connectivity index (χ1v) is 6.86. The van der Waals surface area contributed by atoms with Gasteiger partial charge < -0.3 is 11.1 Å². The van der Waals surface area contributed by atoms with Crippen molar-refractivity contribution in [1.82, 2.24) is 5.32 Å². The molecule has 0 radical (unpaired) electrons. The van der Waals surface area contributed by atoms with Gasteiger partial charge in [0.1, 0.15) is 0 Å². The Hall–Kier alpha value is -0.280. The van der Waals surface area contributed by atoms with E-state index in [1.165, 1.54) is 25.7 Å². The molecule has 0 heterocycles. The maximum absolute atomic E-state index is 6.01. The van der Waals surface area contributed by atoms with Crippen LogP contribution in [0, 0.1) is 0 Å². The van der Waals surface area contributed by atoms with E-state index in [2.05, 4.69) is 5.32 Å². The van der Waals surface area contributed by atoms with Gasteiger partial charge in [0, 0.05) is 28.7 Å². The third-order valence-electron chi connectivity index (χ3n) is 3.32. The largest absolute Gasteiger partial charge is 0.329 e. The Morgan fingerprint density at radius 2 is 1.76 bits per heavy atom. The molecule has 2 rings (SSSR count). The molecule has 4 heteroatoms. The average Bonchev–Trinajstić information content (AvgIpc) is 2.77. The minimum absolute atomic E-state index is 0.147. The van der Waals surface area contributed by atoms with Crippen molar-refractivity contribution >= 4 is 23.2 Å². The first-order chi connectivity index (χ1) is 8.19. The van der Waals surface area contributed by atoms with E-state index in [4.69, 9.17) is 28.9 Å². The van der Waals surface area contributed by atoms with E-state index >= 15 is 0 Å². The topological polar surface area (TPSA) is 38.0 Å². The molecule has 0 aliphatic heterocycles. The van der Waals surface area contributed by atoms with E-state index in [-0.39, 0.29) is 6.04 Å². The monoisotopic (exact) mass is 272 g/mol. The summed E-state index contributed by atoms with van der Waals surface area (Å²) < 4.78 is 0. The molecule has 1 fully saturated rings. The molecular formula is C13H18Cl2N2. The SMILES string of the molecule is NCC(NC1CCCC1)c1cc(Cl)cc(Cl)c1. The quantitative estimate of drug-likeness (QED) is 0.880. The number of halogens is 2. The molecule has 2 nitrogen and oxygen atoms in total. The zero-order valence-corrected chi connectivity index (χ0v) is 11.3. The standard InChI is InChI=1S/C13H18Cl2N2/c14-10-5-9(6-11(15)7-10)13(8-16)17-12-3-1-2-4-12/h5-7,12-13,17H,1-4,8,16H2. The number of nitrogens with two attached hydrogens (primary N) is 1. The summed E-state index contributed by atoms with van der Waals surface area (Å²) in [7, 11) is 0. The zero-order valence-electron chi connectivity index (χ0n) is 9.76. The second-order valence-electron chi connectivity index (χ2n) is 4.64. The summed E-state index contributed by atoms with van der Waals surface area (Å²) in [5.74, 6) is 0. The number of hydrogen-bond donors (Lipinski definition) is 2. The van der Waals surface area contributed by atoms with Crippen molar-refractivity contribution in [2.24, 2.45) is 5.73 Å². The van der Waals surface area contributed by atoms with Gasteiger partial charge in [0.15, 0.2) is 0 Å². The fourth-order valence-electron chi connectivity index (χ4n) is 2.45. The Morgan fingerprint density at radius 3 is 2.29 bits per heavy atom. The summed E-state index contributed by atoms with van der Waals surface area (Å²) in [5, 5.41) is 4.93. The van der Waals surface area contributed by atoms with Crippen LogP contribution in [0.15, 0.2) is 18.2 Å². The van der Waals surface area contributed by atoms with Crippen LogP contribution < -0.4 is 11.1 Å². The third kappa shape index (κ3) is 3.59. The molecule has 0 saturated heterocycles. The molecule has 17 heavy (non-hydrogen) atoms. The number of hydrogen-bond acceptors (Lipinski definition) is 2. The Morgan fingerprint density at radius 1 is 1.18 bits per heavy atom. The van der Waals surface area contributed by atoms with Crippen LogP contribution in [0.4, 0.5) is 0 Å². The number of nitrogens with one attached hydrogen (secondary N) is 1. The fourth-order valence-corrected chi connectivity index (χ4v) is 3.00. The number of rotatable bonds is 4. The van der Waals surface area contributed by atoms with Gasteiger partial charge in [-0.2, -0.15) is 0 Å². The highest BCUT2D eigenvalue weighted by atomic mass is 35.5. The van der Waals surface area contributed by atoms with E-state index in [0.717, 1.165) is 5.56 Å². The van der Waals surface area contributed by atoms with Crippen molar-refractivity contribution < 1.29 is 0 Å². The van der Waals surface area contributed by atoms with Crippen molar-refractivity contribution in [3.8, 4) is 0 Å². The molecule has 1 unspecified atom stereocenters. The van der Waals surface area contributed by atoms with Gasteiger partial charge >= 0.3 is 0 Å². The lowest BCUT2D eigenvalue weighted by Gasteiger charge is -2.22. The van der Waals surface area contributed by atoms with Gasteiger partial charge in [0.05, 0.1) is 0 Å². The predicted octanol–water partition coefficient (Wildman–Crippen LogP) is 3.53. The van der Waals surface area contributed by atoms with Gasteiger partial charge in [-0.3, -0.25) is 0 Å². The van der Waals surface area contributed by atoms with Crippen LogP contribution in [0.25, 0.3) is 0 Å². The normalized spacial score (nSPS) is 18.5. The molecule has 1 saturated carbocycles. The highest BCUT2D eigenvalue weighted by Gasteiger charge is 2.19. The Labute approximate surface area is 112 Å². The van der Waals surface area contributed by atoms with Gasteiger partial charge in [-0.15, -0.1) is 0 Å². The molecule has 1 aromatic rings. The number of benzene rings is 1. The van der Waals surface area contributed by atoms with Crippen LogP contribution in [0.2, 0.25) is 10.0 Å². The van der Waals surface area contributed by atoms with Crippen LogP contribution in [0.1, 0.15) is 37.3 Å². The van der Waals surface area contributed by atoms with Crippen LogP contribution in [0.3, 0.4) is 0 Å². The summed E-state index contributed by atoms with van der Waals surface area (Å²) in [4.78, 5) is 0. The lowest BCUT2D eigenvalue weighted by molar-refractivity contribution is 0.444. The maximum Gasteiger partial charge on any atom is 0.0447 e. The third-order valence-corrected chi connectivity index (χ3v) is 3.75. The predicted molar refractivity (Wildman–Crippen MR) is 73.6 cm³/mol. The van der Waals surface area contributed by atoms with Crippen LogP contribution in [-0.2, 0) is 0 Å². The van der Waals surface area contributed by atoms with Gasteiger partial charge in [-0.1, -0.05) is 36.0 Å². The molecule has 0 amide bonds. The molecule has 1 aliphatic rings. The van der Waals surface area contributed by atoms with Gasteiger partial charge in [-0.05, 0) is 36.6 Å². The van der Waals surface area contributed by atoms with E-state index in [9.17, 15) is 0 Å². The highest BCUT2D eigenvalue weighted by Crippen LogP contribution is 2.26. The van der Waals surface area contributed by atoms with Gasteiger partial charge in [-0.25, -0.2) is 0 Å². The summed E-state index contributed by atoms with van der Waals surface area (Å²) in [6.45, 7) is 0.563. The van der Waals surface area contributed by atoms with E-state index < -0.39 is 0 Å². The Bertz CT molecular complexity index is 355. The summed E-state index contributed by atoms with van der Waals surface area (Å²) >= 11 is 12.0. The molecular weight excluding hydrogens is 255 g/mol. The summed E-state index contributed by atoms with van der Waals surface area (Å²) in [5.41, 5.74) is 6.91. The van der Waals surface area contributed by atoms with Crippen molar-refractivity contribution in [3.05, 3.63) is 33.8 Å². The maximum atomic E-state index is 6.01. The van der Waals surface area contributed by atoms with Crippen LogP contribution in [0.5, 0.6) is 0 Å². The van der Waals surface area contributed by atoms with Crippen molar-refractivity contribution in [2.45, 2.75) is 37.8 Å². The fraction of sp³-hybridized carbons (Fsp3) is 0.538. The molecule has 1 aliphatic carbocycles.